The van der Waals surface area contributed by atoms with Crippen LogP contribution in [0.4, 0.5) is 5.69 Å². The predicted molar refractivity (Wildman–Crippen MR) is 103 cm³/mol. The zero-order valence-corrected chi connectivity index (χ0v) is 14.7. The molecule has 5 rings (SSSR count). The summed E-state index contributed by atoms with van der Waals surface area (Å²) in [7, 11) is 2.11. The summed E-state index contributed by atoms with van der Waals surface area (Å²) in [6.07, 6.45) is 7.23. The van der Waals surface area contributed by atoms with Crippen molar-refractivity contribution in [2.24, 2.45) is 7.05 Å². The number of nitrogens with zero attached hydrogens (tertiary/aromatic N) is 2. The summed E-state index contributed by atoms with van der Waals surface area (Å²) < 4.78 is 2.27. The molecule has 0 bridgehead atoms. The van der Waals surface area contributed by atoms with Gasteiger partial charge in [0.15, 0.2) is 0 Å². The van der Waals surface area contributed by atoms with Gasteiger partial charge in [-0.1, -0.05) is 49.2 Å². The van der Waals surface area contributed by atoms with E-state index in [2.05, 4.69) is 42.0 Å². The fraction of sp³-hybridized carbons (Fsp3) is 0.273. The van der Waals surface area contributed by atoms with Gasteiger partial charge >= 0.3 is 0 Å². The number of hydrogen-bond acceptors (Lipinski definition) is 2. The van der Waals surface area contributed by atoms with Gasteiger partial charge in [0.25, 0.3) is 5.69 Å². The van der Waals surface area contributed by atoms with Crippen LogP contribution in [0.15, 0.2) is 54.6 Å². The van der Waals surface area contributed by atoms with E-state index in [4.69, 9.17) is 0 Å². The van der Waals surface area contributed by atoms with E-state index in [0.29, 0.717) is 0 Å². The molecule has 2 aromatic carbocycles. The van der Waals surface area contributed by atoms with E-state index in [1.54, 1.807) is 12.1 Å². The van der Waals surface area contributed by atoms with Crippen molar-refractivity contribution in [2.75, 3.05) is 0 Å². The normalized spacial score (nSPS) is 17.7. The molecule has 2 aliphatic carbocycles. The first-order valence-electron chi connectivity index (χ1n) is 9.17. The van der Waals surface area contributed by atoms with Crippen LogP contribution in [0.2, 0.25) is 0 Å². The lowest BCUT2D eigenvalue weighted by atomic mass is 9.85. The quantitative estimate of drug-likeness (QED) is 0.465. The highest BCUT2D eigenvalue weighted by Crippen LogP contribution is 2.54. The molecule has 4 heteroatoms. The molecule has 1 heterocycles. The largest absolute Gasteiger partial charge is 0.346 e. The van der Waals surface area contributed by atoms with Crippen molar-refractivity contribution < 1.29 is 4.92 Å². The van der Waals surface area contributed by atoms with E-state index < -0.39 is 0 Å². The van der Waals surface area contributed by atoms with Crippen molar-refractivity contribution in [3.63, 3.8) is 0 Å². The van der Waals surface area contributed by atoms with Crippen LogP contribution in [0.25, 0.3) is 16.5 Å². The Morgan fingerprint density at radius 3 is 2.50 bits per heavy atom. The van der Waals surface area contributed by atoms with Crippen molar-refractivity contribution in [1.82, 2.24) is 4.57 Å². The predicted octanol–water partition coefficient (Wildman–Crippen LogP) is 5.34. The van der Waals surface area contributed by atoms with Crippen molar-refractivity contribution in [3.8, 4) is 0 Å². The van der Waals surface area contributed by atoms with Crippen molar-refractivity contribution in [1.29, 1.82) is 0 Å². The zero-order chi connectivity index (χ0) is 17.9. The van der Waals surface area contributed by atoms with Crippen LogP contribution in [-0.2, 0) is 12.5 Å². The molecule has 0 unspecified atom stereocenters. The van der Waals surface area contributed by atoms with E-state index in [1.807, 2.05) is 12.1 Å². The summed E-state index contributed by atoms with van der Waals surface area (Å²) in [5.41, 5.74) is 6.26. The molecular weight excluding hydrogens is 324 g/mol. The molecule has 4 nitrogen and oxygen atoms in total. The number of non-ortho nitro benzene ring substituents is 1. The third kappa shape index (κ3) is 1.96. The highest BCUT2D eigenvalue weighted by molar-refractivity contribution is 6.03. The van der Waals surface area contributed by atoms with Gasteiger partial charge in [0.2, 0.25) is 0 Å². The number of fused-ring (bicyclic) bond motifs is 4. The summed E-state index contributed by atoms with van der Waals surface area (Å²) in [4.78, 5) is 11.0. The van der Waals surface area contributed by atoms with Gasteiger partial charge < -0.3 is 4.57 Å². The van der Waals surface area contributed by atoms with E-state index in [1.165, 1.54) is 35.2 Å². The van der Waals surface area contributed by atoms with Gasteiger partial charge in [-0.25, -0.2) is 0 Å². The Balaban J connectivity index is 1.86. The van der Waals surface area contributed by atoms with Crippen LogP contribution >= 0.6 is 0 Å². The van der Waals surface area contributed by atoms with Gasteiger partial charge in [-0.3, -0.25) is 10.1 Å². The highest BCUT2D eigenvalue weighted by Gasteiger charge is 2.44. The number of hydrogen-bond donors (Lipinski definition) is 0. The average molecular weight is 344 g/mol. The van der Waals surface area contributed by atoms with Gasteiger partial charge in [0.05, 0.1) is 4.92 Å². The van der Waals surface area contributed by atoms with Gasteiger partial charge in [-0.2, -0.15) is 0 Å². The van der Waals surface area contributed by atoms with Crippen LogP contribution in [0.3, 0.4) is 0 Å². The van der Waals surface area contributed by atoms with Gasteiger partial charge in [-0.05, 0) is 30.0 Å². The molecule has 1 fully saturated rings. The van der Waals surface area contributed by atoms with Gasteiger partial charge in [0.1, 0.15) is 0 Å². The summed E-state index contributed by atoms with van der Waals surface area (Å²) in [6.45, 7) is 0. The first-order chi connectivity index (χ1) is 12.6. The molecule has 0 saturated heterocycles. The topological polar surface area (TPSA) is 48.1 Å². The molecule has 0 aliphatic heterocycles. The zero-order valence-electron chi connectivity index (χ0n) is 14.7. The lowest BCUT2D eigenvalue weighted by Gasteiger charge is -2.23. The number of rotatable bonds is 2. The Kier molecular flexibility index (Phi) is 3.14. The Morgan fingerprint density at radius 2 is 1.81 bits per heavy atom. The van der Waals surface area contributed by atoms with E-state index in [9.17, 15) is 10.1 Å². The minimum Gasteiger partial charge on any atom is -0.346 e. The highest BCUT2D eigenvalue weighted by atomic mass is 16.6. The molecule has 1 aromatic heterocycles. The van der Waals surface area contributed by atoms with Crippen molar-refractivity contribution >= 4 is 22.2 Å². The number of nitro groups is 1. The van der Waals surface area contributed by atoms with Crippen LogP contribution < -0.4 is 0 Å². The van der Waals surface area contributed by atoms with Gasteiger partial charge in [-0.15, -0.1) is 0 Å². The van der Waals surface area contributed by atoms with Crippen molar-refractivity contribution in [2.45, 2.75) is 31.1 Å². The molecule has 3 aromatic rings. The van der Waals surface area contributed by atoms with Crippen LogP contribution in [0, 0.1) is 10.1 Å². The molecule has 0 amide bonds. The molecular formula is C22H20N2O2. The number of benzene rings is 2. The maximum absolute atomic E-state index is 11.3. The third-order valence-corrected chi connectivity index (χ3v) is 6.14. The second-order valence-corrected chi connectivity index (χ2v) is 7.53. The maximum Gasteiger partial charge on any atom is 0.270 e. The smallest absolute Gasteiger partial charge is 0.270 e. The van der Waals surface area contributed by atoms with E-state index >= 15 is 0 Å². The minimum atomic E-state index is -0.301. The monoisotopic (exact) mass is 344 g/mol. The summed E-state index contributed by atoms with van der Waals surface area (Å²) in [5, 5.41) is 12.3. The molecule has 1 spiro atoms. The van der Waals surface area contributed by atoms with Crippen LogP contribution in [0.5, 0.6) is 0 Å². The number of aromatic nitrogens is 1. The molecule has 0 radical (unpaired) electrons. The summed E-state index contributed by atoms with van der Waals surface area (Å²) >= 11 is 0. The number of nitro benzene ring substituents is 1. The van der Waals surface area contributed by atoms with E-state index in [-0.39, 0.29) is 16.0 Å². The Bertz CT molecular complexity index is 1070. The third-order valence-electron chi connectivity index (χ3n) is 6.14. The van der Waals surface area contributed by atoms with E-state index in [0.717, 1.165) is 23.7 Å². The van der Waals surface area contributed by atoms with Gasteiger partial charge in [0, 0.05) is 46.8 Å². The second kappa shape index (κ2) is 5.31. The summed E-state index contributed by atoms with van der Waals surface area (Å²) in [5.74, 6) is 0. The molecule has 130 valence electrons. The molecule has 0 N–H and O–H groups in total. The first-order valence-corrected chi connectivity index (χ1v) is 9.17. The fourth-order valence-corrected chi connectivity index (χ4v) is 5.05. The molecule has 1 saturated carbocycles. The fourth-order valence-electron chi connectivity index (χ4n) is 5.05. The van der Waals surface area contributed by atoms with Crippen LogP contribution in [-0.4, -0.2) is 9.49 Å². The first kappa shape index (κ1) is 15.4. The SMILES string of the molecule is Cn1c2c(c3cc([N+](=O)[O-])ccc31)C(c1ccccc1)=CC21CCCC1. The number of aryl methyl sites for hydroxylation is 1. The Hall–Kier alpha value is -2.88. The van der Waals surface area contributed by atoms with Crippen molar-refractivity contribution in [3.05, 3.63) is 81.5 Å². The maximum atomic E-state index is 11.3. The lowest BCUT2D eigenvalue weighted by Crippen LogP contribution is -2.20. The second-order valence-electron chi connectivity index (χ2n) is 7.53. The molecule has 26 heavy (non-hydrogen) atoms. The minimum absolute atomic E-state index is 0.0725. The summed E-state index contributed by atoms with van der Waals surface area (Å²) in [6, 6.07) is 15.7. The van der Waals surface area contributed by atoms with Crippen LogP contribution in [0.1, 0.15) is 42.5 Å². The Morgan fingerprint density at radius 1 is 1.08 bits per heavy atom. The lowest BCUT2D eigenvalue weighted by molar-refractivity contribution is -0.384. The standard InChI is InChI=1S/C22H20N2O2/c1-23-19-10-9-16(24(25)26)13-17(19)20-18(15-7-3-2-4-8-15)14-22(21(20)23)11-5-6-12-22/h2-4,7-10,13-14H,5-6,11-12H2,1H3. The Labute approximate surface area is 151 Å². The molecule has 0 atom stereocenters. The average Bonchev–Trinajstić information content (AvgIpc) is 3.33. The number of allylic oxidation sites excluding steroid dienone is 1. The molecule has 2 aliphatic rings.